The molecule has 1 aromatic carbocycles. The van der Waals surface area contributed by atoms with E-state index in [-0.39, 0.29) is 6.61 Å². The number of hydrogen-bond acceptors (Lipinski definition) is 4. The summed E-state index contributed by atoms with van der Waals surface area (Å²) in [5, 5.41) is 18.0. The maximum Gasteiger partial charge on any atom is 0.0854 e. The maximum absolute atomic E-state index is 8.88. The van der Waals surface area contributed by atoms with Crippen molar-refractivity contribution in [2.75, 3.05) is 6.61 Å². The molecule has 0 spiro atoms. The number of aliphatic hydroxyl groups is 1. The van der Waals surface area contributed by atoms with Crippen LogP contribution in [0.1, 0.15) is 5.69 Å². The van der Waals surface area contributed by atoms with E-state index in [9.17, 15) is 0 Å². The summed E-state index contributed by atoms with van der Waals surface area (Å²) < 4.78 is 1.72. The lowest BCUT2D eigenvalue weighted by Gasteiger charge is -2.04. The van der Waals surface area contributed by atoms with E-state index in [1.54, 1.807) is 10.9 Å². The van der Waals surface area contributed by atoms with Crippen molar-refractivity contribution in [3.8, 4) is 5.69 Å². The van der Waals surface area contributed by atoms with E-state index >= 15 is 0 Å². The Kier molecular flexibility index (Phi) is 2.74. The van der Waals surface area contributed by atoms with Gasteiger partial charge < -0.3 is 5.11 Å². The topological polar surface area (TPSA) is 63.8 Å². The van der Waals surface area contributed by atoms with Gasteiger partial charge in [0.2, 0.25) is 0 Å². The normalized spacial score (nSPS) is 10.9. The minimum atomic E-state index is 0.0792. The van der Waals surface area contributed by atoms with Crippen LogP contribution in [0.3, 0.4) is 0 Å². The summed E-state index contributed by atoms with van der Waals surface area (Å²) in [5.41, 5.74) is 2.64. The van der Waals surface area contributed by atoms with Gasteiger partial charge in [0.15, 0.2) is 0 Å². The number of aliphatic hydroxyl groups excluding tert-OH is 1. The molecule has 1 N–H and O–H groups in total. The molecule has 0 unspecified atom stereocenters. The lowest BCUT2D eigenvalue weighted by atomic mass is 10.2. The van der Waals surface area contributed by atoms with Gasteiger partial charge in [-0.05, 0) is 24.3 Å². The lowest BCUT2D eigenvalue weighted by Crippen LogP contribution is -1.96. The summed E-state index contributed by atoms with van der Waals surface area (Å²) in [5.74, 6) is 0. The minimum absolute atomic E-state index is 0.0792. The number of pyridine rings is 1. The van der Waals surface area contributed by atoms with E-state index in [0.29, 0.717) is 6.42 Å². The smallest absolute Gasteiger partial charge is 0.0854 e. The molecule has 0 radical (unpaired) electrons. The third-order valence-corrected chi connectivity index (χ3v) is 2.78. The zero-order valence-electron chi connectivity index (χ0n) is 9.69. The Morgan fingerprint density at radius 2 is 2.11 bits per heavy atom. The molecule has 0 aliphatic heterocycles. The summed E-state index contributed by atoms with van der Waals surface area (Å²) >= 11 is 0. The zero-order valence-corrected chi connectivity index (χ0v) is 9.69. The molecule has 90 valence electrons. The Bertz CT molecular complexity index is 672. The summed E-state index contributed by atoms with van der Waals surface area (Å²) in [6.07, 6.45) is 4.12. The minimum Gasteiger partial charge on any atom is -0.396 e. The van der Waals surface area contributed by atoms with E-state index in [2.05, 4.69) is 15.3 Å². The van der Waals surface area contributed by atoms with Crippen LogP contribution in [-0.4, -0.2) is 31.7 Å². The predicted octanol–water partition coefficient (Wildman–Crippen LogP) is 1.35. The number of aromatic nitrogens is 4. The van der Waals surface area contributed by atoms with Crippen LogP contribution in [0.25, 0.3) is 16.6 Å². The Labute approximate surface area is 104 Å². The van der Waals surface area contributed by atoms with Crippen LogP contribution in [0.2, 0.25) is 0 Å². The molecule has 0 aliphatic rings. The standard InChI is InChI=1S/C13H12N4O/c18-8-6-10-9-17(16-15-10)13-5-1-4-12-11(13)3-2-7-14-12/h1-5,7,9,18H,6,8H2. The Morgan fingerprint density at radius 1 is 1.17 bits per heavy atom. The van der Waals surface area contributed by atoms with Gasteiger partial charge in [-0.2, -0.15) is 0 Å². The van der Waals surface area contributed by atoms with Crippen molar-refractivity contribution in [2.24, 2.45) is 0 Å². The van der Waals surface area contributed by atoms with Crippen molar-refractivity contribution in [2.45, 2.75) is 6.42 Å². The molecule has 0 aliphatic carbocycles. The molecule has 0 atom stereocenters. The van der Waals surface area contributed by atoms with Crippen LogP contribution in [0.4, 0.5) is 0 Å². The second kappa shape index (κ2) is 4.54. The quantitative estimate of drug-likeness (QED) is 0.750. The highest BCUT2D eigenvalue weighted by molar-refractivity contribution is 5.86. The van der Waals surface area contributed by atoms with Crippen molar-refractivity contribution in [1.29, 1.82) is 0 Å². The highest BCUT2D eigenvalue weighted by Gasteiger charge is 2.06. The molecule has 2 heterocycles. The summed E-state index contributed by atoms with van der Waals surface area (Å²) in [6, 6.07) is 9.78. The highest BCUT2D eigenvalue weighted by atomic mass is 16.3. The summed E-state index contributed by atoms with van der Waals surface area (Å²) in [6.45, 7) is 0.0792. The van der Waals surface area contributed by atoms with Crippen molar-refractivity contribution in [1.82, 2.24) is 20.0 Å². The third-order valence-electron chi connectivity index (χ3n) is 2.78. The van der Waals surface area contributed by atoms with Gasteiger partial charge in [-0.25, -0.2) is 4.68 Å². The first-order valence-corrected chi connectivity index (χ1v) is 5.75. The highest BCUT2D eigenvalue weighted by Crippen LogP contribution is 2.19. The fraction of sp³-hybridized carbons (Fsp3) is 0.154. The van der Waals surface area contributed by atoms with E-state index in [0.717, 1.165) is 22.3 Å². The number of rotatable bonds is 3. The van der Waals surface area contributed by atoms with Crippen LogP contribution < -0.4 is 0 Å². The third kappa shape index (κ3) is 1.84. The average molecular weight is 240 g/mol. The first-order valence-electron chi connectivity index (χ1n) is 5.75. The molecule has 0 bridgehead atoms. The van der Waals surface area contributed by atoms with Gasteiger partial charge in [-0.3, -0.25) is 4.98 Å². The van der Waals surface area contributed by atoms with Crippen molar-refractivity contribution < 1.29 is 5.11 Å². The molecule has 0 fully saturated rings. The Hall–Kier alpha value is -2.27. The Morgan fingerprint density at radius 3 is 3.00 bits per heavy atom. The second-order valence-electron chi connectivity index (χ2n) is 3.98. The molecular weight excluding hydrogens is 228 g/mol. The molecule has 0 saturated carbocycles. The van der Waals surface area contributed by atoms with Gasteiger partial charge in [0.05, 0.1) is 23.1 Å². The van der Waals surface area contributed by atoms with Crippen LogP contribution in [-0.2, 0) is 6.42 Å². The van der Waals surface area contributed by atoms with Crippen molar-refractivity contribution in [3.05, 3.63) is 48.4 Å². The molecule has 2 aromatic heterocycles. The maximum atomic E-state index is 8.88. The average Bonchev–Trinajstić information content (AvgIpc) is 2.87. The lowest BCUT2D eigenvalue weighted by molar-refractivity contribution is 0.298. The van der Waals surface area contributed by atoms with E-state index in [1.165, 1.54) is 0 Å². The molecule has 0 saturated heterocycles. The van der Waals surface area contributed by atoms with Crippen LogP contribution in [0.15, 0.2) is 42.7 Å². The first-order chi connectivity index (χ1) is 8.88. The summed E-state index contributed by atoms with van der Waals surface area (Å²) in [7, 11) is 0. The zero-order chi connectivity index (χ0) is 12.4. The van der Waals surface area contributed by atoms with Gasteiger partial charge in [0.25, 0.3) is 0 Å². The predicted molar refractivity (Wildman–Crippen MR) is 67.4 cm³/mol. The van der Waals surface area contributed by atoms with Gasteiger partial charge >= 0.3 is 0 Å². The first kappa shape index (κ1) is 10.9. The molecule has 3 aromatic rings. The molecule has 3 rings (SSSR count). The summed E-state index contributed by atoms with van der Waals surface area (Å²) in [4.78, 5) is 4.31. The van der Waals surface area contributed by atoms with Crippen LogP contribution in [0, 0.1) is 0 Å². The van der Waals surface area contributed by atoms with Gasteiger partial charge in [-0.15, -0.1) is 5.10 Å². The van der Waals surface area contributed by atoms with E-state index in [1.807, 2.05) is 36.5 Å². The number of benzene rings is 1. The number of hydrogen-bond donors (Lipinski definition) is 1. The molecule has 18 heavy (non-hydrogen) atoms. The van der Waals surface area contributed by atoms with Gasteiger partial charge in [0, 0.05) is 24.6 Å². The fourth-order valence-electron chi connectivity index (χ4n) is 1.93. The van der Waals surface area contributed by atoms with Crippen molar-refractivity contribution >= 4 is 10.9 Å². The molecular formula is C13H12N4O. The number of nitrogens with zero attached hydrogens (tertiary/aromatic N) is 4. The Balaban J connectivity index is 2.12. The molecule has 0 amide bonds. The van der Waals surface area contributed by atoms with Crippen LogP contribution >= 0.6 is 0 Å². The monoisotopic (exact) mass is 240 g/mol. The number of fused-ring (bicyclic) bond motifs is 1. The van der Waals surface area contributed by atoms with Gasteiger partial charge in [-0.1, -0.05) is 11.3 Å². The van der Waals surface area contributed by atoms with Crippen LogP contribution in [0.5, 0.6) is 0 Å². The SMILES string of the molecule is OCCc1cn(-c2cccc3ncccc23)nn1. The van der Waals surface area contributed by atoms with Crippen molar-refractivity contribution in [3.63, 3.8) is 0 Å². The fourth-order valence-corrected chi connectivity index (χ4v) is 1.93. The molecule has 5 heteroatoms. The van der Waals surface area contributed by atoms with E-state index in [4.69, 9.17) is 5.11 Å². The van der Waals surface area contributed by atoms with Gasteiger partial charge in [0.1, 0.15) is 0 Å². The molecule has 5 nitrogen and oxygen atoms in total. The van der Waals surface area contributed by atoms with E-state index < -0.39 is 0 Å². The second-order valence-corrected chi connectivity index (χ2v) is 3.98. The largest absolute Gasteiger partial charge is 0.396 e.